The number of carboxylic acids is 1. The molecule has 0 amide bonds. The molecule has 0 saturated carbocycles. The van der Waals surface area contributed by atoms with Gasteiger partial charge in [-0.15, -0.1) is 0 Å². The number of aliphatic carboxylic acids is 1. The maximum Gasteiger partial charge on any atom is 0.306 e. The van der Waals surface area contributed by atoms with Crippen molar-refractivity contribution in [3.63, 3.8) is 0 Å². The molecular formula is C13H28O3Si. The van der Waals surface area contributed by atoms with Gasteiger partial charge in [0.1, 0.15) is 0 Å². The van der Waals surface area contributed by atoms with Gasteiger partial charge < -0.3 is 9.53 Å². The summed E-state index contributed by atoms with van der Waals surface area (Å²) in [5, 5.41) is 9.42. The molecule has 0 saturated heterocycles. The van der Waals surface area contributed by atoms with Crippen LogP contribution in [-0.4, -0.2) is 27.9 Å². The number of carbonyl (C=O) groups is 1. The Morgan fingerprint density at radius 2 is 1.65 bits per heavy atom. The fourth-order valence-electron chi connectivity index (χ4n) is 2.97. The van der Waals surface area contributed by atoms with E-state index in [9.17, 15) is 9.90 Å². The van der Waals surface area contributed by atoms with Gasteiger partial charge in [0.25, 0.3) is 0 Å². The van der Waals surface area contributed by atoms with E-state index in [1.54, 1.807) is 7.11 Å². The highest BCUT2D eigenvalue weighted by Gasteiger charge is 2.40. The SMILES string of the molecule is CO[SiH2]C(C(=O)O)C(C)(CC(C)C)CC(C)C. The van der Waals surface area contributed by atoms with Crippen molar-refractivity contribution in [2.24, 2.45) is 17.3 Å². The number of carboxylic acid groups (broad SMARTS) is 1. The van der Waals surface area contributed by atoms with E-state index in [0.717, 1.165) is 12.8 Å². The lowest BCUT2D eigenvalue weighted by molar-refractivity contribution is -0.140. The fraction of sp³-hybridized carbons (Fsp3) is 0.923. The molecule has 17 heavy (non-hydrogen) atoms. The van der Waals surface area contributed by atoms with Crippen LogP contribution < -0.4 is 0 Å². The summed E-state index contributed by atoms with van der Waals surface area (Å²) in [6.07, 6.45) is 1.91. The highest BCUT2D eigenvalue weighted by atomic mass is 28.2. The van der Waals surface area contributed by atoms with Crippen molar-refractivity contribution in [1.82, 2.24) is 0 Å². The highest BCUT2D eigenvalue weighted by Crippen LogP contribution is 2.43. The average Bonchev–Trinajstić information content (AvgIpc) is 2.10. The normalized spacial score (nSPS) is 15.1. The first-order valence-electron chi connectivity index (χ1n) is 6.44. The molecular weight excluding hydrogens is 232 g/mol. The number of rotatable bonds is 8. The average molecular weight is 260 g/mol. The van der Waals surface area contributed by atoms with Gasteiger partial charge in [-0.05, 0) is 30.1 Å². The molecule has 0 aliphatic rings. The van der Waals surface area contributed by atoms with Gasteiger partial charge in [0.15, 0.2) is 9.76 Å². The van der Waals surface area contributed by atoms with E-state index >= 15 is 0 Å². The molecule has 0 heterocycles. The van der Waals surface area contributed by atoms with Crippen LogP contribution in [0.15, 0.2) is 0 Å². The van der Waals surface area contributed by atoms with Crippen LogP contribution in [0.4, 0.5) is 0 Å². The van der Waals surface area contributed by atoms with E-state index < -0.39 is 15.7 Å². The van der Waals surface area contributed by atoms with Crippen molar-refractivity contribution in [3.05, 3.63) is 0 Å². The van der Waals surface area contributed by atoms with E-state index in [0.29, 0.717) is 11.8 Å². The minimum absolute atomic E-state index is 0.129. The van der Waals surface area contributed by atoms with E-state index in [2.05, 4.69) is 34.6 Å². The first-order chi connectivity index (χ1) is 7.73. The fourth-order valence-corrected chi connectivity index (χ4v) is 4.18. The van der Waals surface area contributed by atoms with Gasteiger partial charge >= 0.3 is 5.97 Å². The molecule has 102 valence electrons. The molecule has 4 heteroatoms. The van der Waals surface area contributed by atoms with E-state index in [1.807, 2.05) is 0 Å². The second-order valence-corrected chi connectivity index (χ2v) is 7.92. The standard InChI is InChI=1S/C13H28O3Si/c1-9(2)7-13(5,8-10(3)4)11(12(14)15)17-16-6/h9-11H,7-8,17H2,1-6H3,(H,14,15). The molecule has 1 unspecified atom stereocenters. The van der Waals surface area contributed by atoms with Crippen molar-refractivity contribution in [2.45, 2.75) is 53.0 Å². The summed E-state index contributed by atoms with van der Waals surface area (Å²) in [6, 6.07) is 0. The summed E-state index contributed by atoms with van der Waals surface area (Å²) in [4.78, 5) is 11.5. The molecule has 0 aromatic rings. The van der Waals surface area contributed by atoms with Crippen LogP contribution >= 0.6 is 0 Å². The molecule has 3 nitrogen and oxygen atoms in total. The summed E-state index contributed by atoms with van der Waals surface area (Å²) >= 11 is 0. The lowest BCUT2D eigenvalue weighted by Crippen LogP contribution is -2.35. The maximum atomic E-state index is 11.5. The van der Waals surface area contributed by atoms with Crippen LogP contribution in [0.1, 0.15) is 47.5 Å². The zero-order valence-corrected chi connectivity index (χ0v) is 13.5. The van der Waals surface area contributed by atoms with Gasteiger partial charge in [0.2, 0.25) is 0 Å². The van der Waals surface area contributed by atoms with Crippen LogP contribution in [-0.2, 0) is 9.22 Å². The molecule has 1 atom stereocenters. The van der Waals surface area contributed by atoms with Crippen LogP contribution in [0.25, 0.3) is 0 Å². The summed E-state index contributed by atoms with van der Waals surface area (Å²) < 4.78 is 5.23. The van der Waals surface area contributed by atoms with Gasteiger partial charge in [-0.3, -0.25) is 4.79 Å². The lowest BCUT2D eigenvalue weighted by atomic mass is 9.73. The summed E-state index contributed by atoms with van der Waals surface area (Å²) in [5.74, 6) is 0.361. The Balaban J connectivity index is 5.01. The van der Waals surface area contributed by atoms with Crippen LogP contribution in [0.3, 0.4) is 0 Å². The van der Waals surface area contributed by atoms with E-state index in [4.69, 9.17) is 4.43 Å². The third kappa shape index (κ3) is 5.68. The Bertz CT molecular complexity index is 229. The minimum atomic E-state index is -1.00. The molecule has 0 radical (unpaired) electrons. The third-order valence-corrected chi connectivity index (χ3v) is 5.22. The molecule has 0 aliphatic heterocycles. The van der Waals surface area contributed by atoms with Crippen molar-refractivity contribution in [3.8, 4) is 0 Å². The number of hydrogen-bond acceptors (Lipinski definition) is 2. The third-order valence-electron chi connectivity index (χ3n) is 3.22. The molecule has 0 bridgehead atoms. The predicted molar refractivity (Wildman–Crippen MR) is 74.0 cm³/mol. The van der Waals surface area contributed by atoms with Crippen molar-refractivity contribution in [2.75, 3.05) is 7.11 Å². The van der Waals surface area contributed by atoms with Crippen molar-refractivity contribution < 1.29 is 14.3 Å². The van der Waals surface area contributed by atoms with Crippen LogP contribution in [0.5, 0.6) is 0 Å². The zero-order chi connectivity index (χ0) is 13.6. The molecule has 0 rings (SSSR count). The Morgan fingerprint density at radius 3 is 1.88 bits per heavy atom. The van der Waals surface area contributed by atoms with Gasteiger partial charge in [-0.2, -0.15) is 0 Å². The maximum absolute atomic E-state index is 11.5. The monoisotopic (exact) mass is 260 g/mol. The Labute approximate surface area is 108 Å². The Morgan fingerprint density at radius 1 is 1.24 bits per heavy atom. The molecule has 0 aromatic heterocycles. The van der Waals surface area contributed by atoms with Gasteiger partial charge in [-0.1, -0.05) is 34.6 Å². The zero-order valence-electron chi connectivity index (χ0n) is 12.1. The second kappa shape index (κ2) is 7.16. The number of hydrogen-bond donors (Lipinski definition) is 1. The Hall–Kier alpha value is -0.353. The Kier molecular flexibility index (Phi) is 7.01. The molecule has 0 aromatic carbocycles. The van der Waals surface area contributed by atoms with Gasteiger partial charge in [-0.25, -0.2) is 0 Å². The van der Waals surface area contributed by atoms with E-state index in [-0.39, 0.29) is 11.0 Å². The van der Waals surface area contributed by atoms with Crippen LogP contribution in [0, 0.1) is 17.3 Å². The molecule has 0 fully saturated rings. The minimum Gasteiger partial charge on any atom is -0.481 e. The second-order valence-electron chi connectivity index (χ2n) is 6.20. The summed E-state index contributed by atoms with van der Waals surface area (Å²) in [7, 11) is 0.631. The summed E-state index contributed by atoms with van der Waals surface area (Å²) in [6.45, 7) is 10.8. The van der Waals surface area contributed by atoms with E-state index in [1.165, 1.54) is 0 Å². The smallest absolute Gasteiger partial charge is 0.306 e. The molecule has 0 aliphatic carbocycles. The van der Waals surface area contributed by atoms with Crippen molar-refractivity contribution in [1.29, 1.82) is 0 Å². The molecule has 1 N–H and O–H groups in total. The van der Waals surface area contributed by atoms with Crippen molar-refractivity contribution >= 4 is 15.7 Å². The highest BCUT2D eigenvalue weighted by molar-refractivity contribution is 6.37. The van der Waals surface area contributed by atoms with Crippen LogP contribution in [0.2, 0.25) is 5.54 Å². The molecule has 0 spiro atoms. The predicted octanol–water partition coefficient (Wildman–Crippen LogP) is 2.69. The summed E-state index contributed by atoms with van der Waals surface area (Å²) in [5.41, 5.74) is -0.409. The first kappa shape index (κ1) is 16.6. The van der Waals surface area contributed by atoms with Gasteiger partial charge in [0, 0.05) is 7.11 Å². The largest absolute Gasteiger partial charge is 0.481 e. The first-order valence-corrected chi connectivity index (χ1v) is 7.84. The van der Waals surface area contributed by atoms with Gasteiger partial charge in [0.05, 0.1) is 5.54 Å². The quantitative estimate of drug-likeness (QED) is 0.683. The lowest BCUT2D eigenvalue weighted by Gasteiger charge is -2.37. The topological polar surface area (TPSA) is 46.5 Å².